The van der Waals surface area contributed by atoms with E-state index in [1.807, 2.05) is 24.3 Å². The van der Waals surface area contributed by atoms with E-state index in [4.69, 9.17) is 14.9 Å². The molecule has 148 valence electrons. The highest BCUT2D eigenvalue weighted by Crippen LogP contribution is 2.27. The molecule has 0 spiro atoms. The van der Waals surface area contributed by atoms with Crippen LogP contribution in [0.15, 0.2) is 54.3 Å². The number of carbonyl (C=O) groups is 1. The van der Waals surface area contributed by atoms with Gasteiger partial charge in [-0.15, -0.1) is 0 Å². The Morgan fingerprint density at radius 1 is 1.24 bits per heavy atom. The van der Waals surface area contributed by atoms with Gasteiger partial charge in [0.05, 0.1) is 24.7 Å². The van der Waals surface area contributed by atoms with Crippen LogP contribution in [0.4, 0.5) is 0 Å². The summed E-state index contributed by atoms with van der Waals surface area (Å²) in [7, 11) is 1.52. The maximum absolute atomic E-state index is 12.3. The number of benzene rings is 2. The number of hydrogen-bond acceptors (Lipinski definition) is 6. The number of nitrogens with zero attached hydrogens (tertiary/aromatic N) is 2. The van der Waals surface area contributed by atoms with Gasteiger partial charge >= 0.3 is 0 Å². The Morgan fingerprint density at radius 3 is 2.72 bits per heavy atom. The fraction of sp³-hybridized carbons (Fsp3) is 0.150. The summed E-state index contributed by atoms with van der Waals surface area (Å²) in [5.41, 5.74) is 4.32. The number of carbonyl (C=O) groups excluding carboxylic acids is 1. The first-order valence-corrected chi connectivity index (χ1v) is 8.86. The number of H-pyrrole nitrogens is 1. The minimum Gasteiger partial charge on any atom is -0.509 e. The highest BCUT2D eigenvalue weighted by atomic mass is 16.5. The van der Waals surface area contributed by atoms with Crippen LogP contribution in [0.25, 0.3) is 16.6 Å². The van der Waals surface area contributed by atoms with Crippen LogP contribution < -0.4 is 14.9 Å². The van der Waals surface area contributed by atoms with Crippen molar-refractivity contribution in [2.24, 2.45) is 0 Å². The van der Waals surface area contributed by atoms with Gasteiger partial charge in [0.2, 0.25) is 0 Å². The van der Waals surface area contributed by atoms with E-state index >= 15 is 0 Å². The summed E-state index contributed by atoms with van der Waals surface area (Å²) >= 11 is 0. The van der Waals surface area contributed by atoms with Crippen molar-refractivity contribution in [3.8, 4) is 11.5 Å². The van der Waals surface area contributed by atoms with Gasteiger partial charge in [-0.2, -0.15) is 0 Å². The average Bonchev–Trinajstić information content (AvgIpc) is 3.26. The van der Waals surface area contributed by atoms with Crippen LogP contribution in [0, 0.1) is 5.41 Å². The van der Waals surface area contributed by atoms with Gasteiger partial charge in [0.15, 0.2) is 23.9 Å². The van der Waals surface area contributed by atoms with Crippen LogP contribution in [0.2, 0.25) is 0 Å². The Kier molecular flexibility index (Phi) is 4.78. The number of hydrazine groups is 1. The summed E-state index contributed by atoms with van der Waals surface area (Å²) in [6, 6.07) is 14.4. The van der Waals surface area contributed by atoms with Gasteiger partial charge in [-0.25, -0.2) is 4.98 Å². The molecule has 0 bridgehead atoms. The zero-order valence-electron chi connectivity index (χ0n) is 15.6. The third kappa shape index (κ3) is 3.57. The van der Waals surface area contributed by atoms with E-state index in [2.05, 4.69) is 15.4 Å². The summed E-state index contributed by atoms with van der Waals surface area (Å²) in [5.74, 6) is 0.730. The molecule has 1 aliphatic rings. The van der Waals surface area contributed by atoms with Crippen LogP contribution in [-0.4, -0.2) is 52.1 Å². The van der Waals surface area contributed by atoms with E-state index in [0.717, 1.165) is 11.0 Å². The summed E-state index contributed by atoms with van der Waals surface area (Å²) in [4.78, 5) is 19.8. The molecule has 2 heterocycles. The quantitative estimate of drug-likeness (QED) is 0.509. The number of aromatic amines is 1. The smallest absolute Gasteiger partial charge is 0.276 e. The Hall–Kier alpha value is -4.01. The Balaban J connectivity index is 1.42. The maximum atomic E-state index is 12.3. The fourth-order valence-corrected chi connectivity index (χ4v) is 3.06. The number of aromatic nitrogens is 2. The van der Waals surface area contributed by atoms with E-state index in [1.54, 1.807) is 24.3 Å². The summed E-state index contributed by atoms with van der Waals surface area (Å²) in [6.07, 6.45) is 0. The van der Waals surface area contributed by atoms with Gasteiger partial charge in [-0.1, -0.05) is 24.3 Å². The van der Waals surface area contributed by atoms with Crippen molar-refractivity contribution in [1.29, 1.82) is 5.41 Å². The largest absolute Gasteiger partial charge is 0.509 e. The van der Waals surface area contributed by atoms with Gasteiger partial charge < -0.3 is 19.6 Å². The molecule has 0 atom stereocenters. The van der Waals surface area contributed by atoms with Gasteiger partial charge in [0.1, 0.15) is 17.2 Å². The Bertz CT molecular complexity index is 1090. The molecule has 4 N–H and O–H groups in total. The SMILES string of the molecule is COc1ccccc1OCC(=O)NN1CC(O)=C(c2nc3ccccc3[nH]2)C1=N. The molecule has 9 nitrogen and oxygen atoms in total. The zero-order chi connectivity index (χ0) is 20.4. The van der Waals surface area contributed by atoms with E-state index in [9.17, 15) is 9.90 Å². The van der Waals surface area contributed by atoms with Gasteiger partial charge in [0.25, 0.3) is 5.91 Å². The number of rotatable bonds is 6. The molecule has 1 aromatic heterocycles. The first-order valence-electron chi connectivity index (χ1n) is 8.86. The molecule has 4 rings (SSSR count). The normalized spacial score (nSPS) is 13.8. The summed E-state index contributed by atoms with van der Waals surface area (Å²) < 4.78 is 10.7. The predicted octanol–water partition coefficient (Wildman–Crippen LogP) is 2.24. The molecule has 0 unspecified atom stereocenters. The van der Waals surface area contributed by atoms with E-state index < -0.39 is 5.91 Å². The molecule has 0 radical (unpaired) electrons. The molecule has 0 saturated carbocycles. The van der Waals surface area contributed by atoms with Crippen molar-refractivity contribution in [2.45, 2.75) is 0 Å². The number of methoxy groups -OCH3 is 1. The molecule has 0 fully saturated rings. The first kappa shape index (κ1) is 18.4. The molecule has 0 saturated heterocycles. The number of imidazole rings is 1. The van der Waals surface area contributed by atoms with E-state index in [1.165, 1.54) is 12.1 Å². The molecular formula is C20H19N5O4. The first-order chi connectivity index (χ1) is 14.1. The molecular weight excluding hydrogens is 374 g/mol. The Morgan fingerprint density at radius 2 is 1.97 bits per heavy atom. The predicted molar refractivity (Wildman–Crippen MR) is 107 cm³/mol. The van der Waals surface area contributed by atoms with E-state index in [0.29, 0.717) is 17.3 Å². The van der Waals surface area contributed by atoms with Crippen LogP contribution >= 0.6 is 0 Å². The number of para-hydroxylation sites is 4. The number of fused-ring (bicyclic) bond motifs is 1. The number of amidine groups is 1. The molecule has 0 aliphatic carbocycles. The van der Waals surface area contributed by atoms with Crippen molar-refractivity contribution < 1.29 is 19.4 Å². The number of hydrogen-bond donors (Lipinski definition) is 4. The highest BCUT2D eigenvalue weighted by Gasteiger charge is 2.31. The average molecular weight is 393 g/mol. The third-order valence-electron chi connectivity index (χ3n) is 4.42. The lowest BCUT2D eigenvalue weighted by atomic mass is 10.2. The fourth-order valence-electron chi connectivity index (χ4n) is 3.06. The van der Waals surface area contributed by atoms with Crippen molar-refractivity contribution in [1.82, 2.24) is 20.4 Å². The van der Waals surface area contributed by atoms with Crippen molar-refractivity contribution in [3.05, 3.63) is 60.1 Å². The third-order valence-corrected chi connectivity index (χ3v) is 4.42. The second-order valence-electron chi connectivity index (χ2n) is 6.33. The topological polar surface area (TPSA) is 124 Å². The number of ether oxygens (including phenoxy) is 2. The number of nitrogens with one attached hydrogen (secondary N) is 3. The van der Waals surface area contributed by atoms with Crippen molar-refractivity contribution in [2.75, 3.05) is 20.3 Å². The molecule has 1 aliphatic heterocycles. The van der Waals surface area contributed by atoms with Crippen LogP contribution in [0.3, 0.4) is 0 Å². The standard InChI is InChI=1S/C20H19N5O4/c1-28-15-8-4-5-9-16(15)29-11-17(27)24-25-10-14(26)18(19(25)21)20-22-12-6-2-3-7-13(12)23-20/h2-9,21,26H,10-11H2,1H3,(H,22,23)(H,24,27). The summed E-state index contributed by atoms with van der Waals surface area (Å²) in [5, 5.41) is 19.9. The molecule has 9 heteroatoms. The highest BCUT2D eigenvalue weighted by molar-refractivity contribution is 6.23. The monoisotopic (exact) mass is 393 g/mol. The second kappa shape index (κ2) is 7.55. The molecule has 2 aromatic carbocycles. The molecule has 3 aromatic rings. The van der Waals surface area contributed by atoms with Crippen LogP contribution in [0.5, 0.6) is 11.5 Å². The lowest BCUT2D eigenvalue weighted by Crippen LogP contribution is -2.45. The van der Waals surface area contributed by atoms with Gasteiger partial charge in [-0.05, 0) is 24.3 Å². The maximum Gasteiger partial charge on any atom is 0.276 e. The lowest BCUT2D eigenvalue weighted by molar-refractivity contribution is -0.126. The summed E-state index contributed by atoms with van der Waals surface area (Å²) in [6.45, 7) is -0.309. The van der Waals surface area contributed by atoms with E-state index in [-0.39, 0.29) is 30.3 Å². The van der Waals surface area contributed by atoms with Crippen molar-refractivity contribution in [3.63, 3.8) is 0 Å². The second-order valence-corrected chi connectivity index (χ2v) is 6.33. The van der Waals surface area contributed by atoms with Crippen LogP contribution in [-0.2, 0) is 4.79 Å². The van der Waals surface area contributed by atoms with Crippen LogP contribution in [0.1, 0.15) is 5.82 Å². The number of aliphatic hydroxyl groups is 1. The zero-order valence-corrected chi connectivity index (χ0v) is 15.6. The van der Waals surface area contributed by atoms with Gasteiger partial charge in [0, 0.05) is 0 Å². The molecule has 29 heavy (non-hydrogen) atoms. The number of aliphatic hydroxyl groups excluding tert-OH is 1. The minimum atomic E-state index is -0.473. The van der Waals surface area contributed by atoms with Gasteiger partial charge in [-0.3, -0.25) is 20.6 Å². The molecule has 1 amide bonds. The lowest BCUT2D eigenvalue weighted by Gasteiger charge is -2.19. The Labute approximate surface area is 166 Å². The number of amides is 1. The minimum absolute atomic E-state index is 0.0361. The van der Waals surface area contributed by atoms with Crippen molar-refractivity contribution >= 4 is 28.3 Å².